The fourth-order valence-corrected chi connectivity index (χ4v) is 3.06. The van der Waals surface area contributed by atoms with Crippen molar-refractivity contribution in [3.63, 3.8) is 0 Å². The lowest BCUT2D eigenvalue weighted by Gasteiger charge is -2.18. The number of aryl methyl sites for hydroxylation is 1. The number of rotatable bonds is 6. The molecule has 104 valence electrons. The molecule has 0 radical (unpaired) electrons. The molecular formula is C14H20BrN3O. The van der Waals surface area contributed by atoms with Crippen LogP contribution >= 0.6 is 15.9 Å². The first-order valence-corrected chi connectivity index (χ1v) is 7.25. The topological polar surface area (TPSA) is 30.3 Å². The van der Waals surface area contributed by atoms with E-state index in [4.69, 9.17) is 4.74 Å². The van der Waals surface area contributed by atoms with E-state index in [0.717, 1.165) is 18.8 Å². The Morgan fingerprint density at radius 2 is 2.16 bits per heavy atom. The molecule has 1 unspecified atom stereocenters. The number of alkyl halides is 1. The van der Waals surface area contributed by atoms with E-state index in [1.807, 2.05) is 17.8 Å². The zero-order chi connectivity index (χ0) is 13.8. The predicted octanol–water partition coefficient (Wildman–Crippen LogP) is 2.42. The lowest BCUT2D eigenvalue weighted by molar-refractivity contribution is 0.184. The van der Waals surface area contributed by atoms with Gasteiger partial charge in [0, 0.05) is 32.6 Å². The molecule has 0 amide bonds. The summed E-state index contributed by atoms with van der Waals surface area (Å²) in [6.45, 7) is 2.49. The summed E-state index contributed by atoms with van der Waals surface area (Å²) in [7, 11) is 5.82. The number of hydrogen-bond acceptors (Lipinski definition) is 3. The Kier molecular flexibility index (Phi) is 4.96. The number of nitrogens with zero attached hydrogens (tertiary/aromatic N) is 3. The molecule has 0 saturated heterocycles. The third kappa shape index (κ3) is 3.55. The molecule has 4 nitrogen and oxygen atoms in total. The first-order chi connectivity index (χ1) is 9.11. The van der Waals surface area contributed by atoms with Gasteiger partial charge in [0.25, 0.3) is 0 Å². The van der Waals surface area contributed by atoms with Crippen molar-refractivity contribution in [1.82, 2.24) is 14.7 Å². The van der Waals surface area contributed by atoms with Crippen LogP contribution in [0, 0.1) is 0 Å². The summed E-state index contributed by atoms with van der Waals surface area (Å²) < 4.78 is 7.08. The molecule has 1 atom stereocenters. The maximum Gasteiger partial charge on any atom is 0.0843 e. The van der Waals surface area contributed by atoms with Crippen molar-refractivity contribution in [2.45, 2.75) is 11.4 Å². The SMILES string of the molecule is COCC(Br)CN(C)Cc1nn(C)c2ccccc12. The summed E-state index contributed by atoms with van der Waals surface area (Å²) >= 11 is 3.61. The van der Waals surface area contributed by atoms with E-state index in [1.54, 1.807) is 7.11 Å². The molecule has 0 N–H and O–H groups in total. The van der Waals surface area contributed by atoms with Gasteiger partial charge in [-0.2, -0.15) is 5.10 Å². The molecule has 1 aromatic carbocycles. The maximum absolute atomic E-state index is 5.14. The Balaban J connectivity index is 2.09. The third-order valence-corrected chi connectivity index (χ3v) is 3.67. The van der Waals surface area contributed by atoms with Gasteiger partial charge in [-0.25, -0.2) is 0 Å². The highest BCUT2D eigenvalue weighted by Crippen LogP contribution is 2.18. The van der Waals surface area contributed by atoms with Crippen molar-refractivity contribution in [3.05, 3.63) is 30.0 Å². The molecule has 0 aliphatic heterocycles. The number of ether oxygens (including phenoxy) is 1. The van der Waals surface area contributed by atoms with E-state index in [-0.39, 0.29) is 0 Å². The molecule has 0 fully saturated rings. The van der Waals surface area contributed by atoms with Crippen molar-refractivity contribution >= 4 is 26.8 Å². The summed E-state index contributed by atoms with van der Waals surface area (Å²) in [5, 5.41) is 5.84. The van der Waals surface area contributed by atoms with Crippen LogP contribution in [0.4, 0.5) is 0 Å². The molecule has 2 rings (SSSR count). The van der Waals surface area contributed by atoms with E-state index < -0.39 is 0 Å². The Morgan fingerprint density at radius 3 is 2.89 bits per heavy atom. The lowest BCUT2D eigenvalue weighted by Crippen LogP contribution is -2.28. The van der Waals surface area contributed by atoms with Crippen molar-refractivity contribution in [1.29, 1.82) is 0 Å². The number of benzene rings is 1. The van der Waals surface area contributed by atoms with Crippen LogP contribution in [-0.4, -0.2) is 46.8 Å². The van der Waals surface area contributed by atoms with E-state index in [0.29, 0.717) is 11.4 Å². The highest BCUT2D eigenvalue weighted by molar-refractivity contribution is 9.09. The molecule has 5 heteroatoms. The molecule has 0 bridgehead atoms. The first-order valence-electron chi connectivity index (χ1n) is 6.34. The van der Waals surface area contributed by atoms with E-state index in [9.17, 15) is 0 Å². The maximum atomic E-state index is 5.14. The highest BCUT2D eigenvalue weighted by Gasteiger charge is 2.12. The average Bonchev–Trinajstić information content (AvgIpc) is 2.67. The smallest absolute Gasteiger partial charge is 0.0843 e. The number of methoxy groups -OCH3 is 1. The molecule has 0 aliphatic carbocycles. The third-order valence-electron chi connectivity index (χ3n) is 3.11. The second-order valence-electron chi connectivity index (χ2n) is 4.84. The molecule has 1 heterocycles. The van der Waals surface area contributed by atoms with E-state index >= 15 is 0 Å². The van der Waals surface area contributed by atoms with Gasteiger partial charge in [-0.3, -0.25) is 9.58 Å². The van der Waals surface area contributed by atoms with Crippen LogP contribution in [0.5, 0.6) is 0 Å². The van der Waals surface area contributed by atoms with Gasteiger partial charge in [-0.05, 0) is 13.1 Å². The van der Waals surface area contributed by atoms with Gasteiger partial charge in [-0.15, -0.1) is 0 Å². The molecule has 19 heavy (non-hydrogen) atoms. The molecule has 1 aromatic heterocycles. The van der Waals surface area contributed by atoms with Crippen molar-refractivity contribution in [2.75, 3.05) is 27.3 Å². The second-order valence-corrected chi connectivity index (χ2v) is 6.13. The fraction of sp³-hybridized carbons (Fsp3) is 0.500. The Morgan fingerprint density at radius 1 is 1.42 bits per heavy atom. The molecule has 0 spiro atoms. The van der Waals surface area contributed by atoms with Crippen LogP contribution < -0.4 is 0 Å². The van der Waals surface area contributed by atoms with Gasteiger partial charge < -0.3 is 4.74 Å². The van der Waals surface area contributed by atoms with Crippen molar-refractivity contribution < 1.29 is 4.74 Å². The standard InChI is InChI=1S/C14H20BrN3O/c1-17(8-11(15)10-19-3)9-13-12-6-4-5-7-14(12)18(2)16-13/h4-7,11H,8-10H2,1-3H3. The van der Waals surface area contributed by atoms with E-state index in [2.05, 4.69) is 51.2 Å². The van der Waals surface area contributed by atoms with Crippen LogP contribution in [0.15, 0.2) is 24.3 Å². The highest BCUT2D eigenvalue weighted by atomic mass is 79.9. The first kappa shape index (κ1) is 14.5. The largest absolute Gasteiger partial charge is 0.383 e. The van der Waals surface area contributed by atoms with Crippen LogP contribution in [0.25, 0.3) is 10.9 Å². The fourth-order valence-electron chi connectivity index (χ4n) is 2.30. The Labute approximate surface area is 122 Å². The second kappa shape index (κ2) is 6.50. The average molecular weight is 326 g/mol. The molecule has 0 saturated carbocycles. The monoisotopic (exact) mass is 325 g/mol. The zero-order valence-corrected chi connectivity index (χ0v) is 13.2. The summed E-state index contributed by atoms with van der Waals surface area (Å²) in [4.78, 5) is 2.60. The van der Waals surface area contributed by atoms with Crippen LogP contribution in [-0.2, 0) is 18.3 Å². The number of fused-ring (bicyclic) bond motifs is 1. The Hall–Kier alpha value is -0.910. The van der Waals surface area contributed by atoms with Gasteiger partial charge in [-0.1, -0.05) is 34.1 Å². The minimum atomic E-state index is 0.345. The van der Waals surface area contributed by atoms with Gasteiger partial charge in [0.05, 0.1) is 22.6 Å². The van der Waals surface area contributed by atoms with Gasteiger partial charge >= 0.3 is 0 Å². The van der Waals surface area contributed by atoms with Gasteiger partial charge in [0.1, 0.15) is 0 Å². The quantitative estimate of drug-likeness (QED) is 0.764. The predicted molar refractivity (Wildman–Crippen MR) is 81.6 cm³/mol. The molecular weight excluding hydrogens is 306 g/mol. The van der Waals surface area contributed by atoms with Crippen LogP contribution in [0.3, 0.4) is 0 Å². The number of hydrogen-bond donors (Lipinski definition) is 0. The summed E-state index contributed by atoms with van der Waals surface area (Å²) in [6, 6.07) is 8.34. The minimum absolute atomic E-state index is 0.345. The van der Waals surface area contributed by atoms with E-state index in [1.165, 1.54) is 10.9 Å². The van der Waals surface area contributed by atoms with Gasteiger partial charge in [0.15, 0.2) is 0 Å². The number of aromatic nitrogens is 2. The zero-order valence-electron chi connectivity index (χ0n) is 11.6. The molecule has 2 aromatic rings. The Bertz CT molecular complexity index is 540. The minimum Gasteiger partial charge on any atom is -0.383 e. The summed E-state index contributed by atoms with van der Waals surface area (Å²) in [5.74, 6) is 0. The number of para-hydroxylation sites is 1. The number of halogens is 1. The summed E-state index contributed by atoms with van der Waals surface area (Å²) in [5.41, 5.74) is 2.30. The van der Waals surface area contributed by atoms with Crippen LogP contribution in [0.2, 0.25) is 0 Å². The van der Waals surface area contributed by atoms with Crippen molar-refractivity contribution in [2.24, 2.45) is 7.05 Å². The van der Waals surface area contributed by atoms with Crippen molar-refractivity contribution in [3.8, 4) is 0 Å². The lowest BCUT2D eigenvalue weighted by atomic mass is 10.2. The summed E-state index contributed by atoms with van der Waals surface area (Å²) in [6.07, 6.45) is 0. The normalized spacial score (nSPS) is 13.3. The van der Waals surface area contributed by atoms with Gasteiger partial charge in [0.2, 0.25) is 0 Å². The molecule has 0 aliphatic rings. The van der Waals surface area contributed by atoms with Crippen LogP contribution in [0.1, 0.15) is 5.69 Å².